The molecule has 5 nitrogen and oxygen atoms in total. The number of rotatable bonds is 8. The maximum Gasteiger partial charge on any atom is 0.267 e. The third kappa shape index (κ3) is 5.23. The quantitative estimate of drug-likeness (QED) is 0.603. The first-order chi connectivity index (χ1) is 14.0. The molecule has 1 unspecified atom stereocenters. The number of nitrogens with two attached hydrogens (primary N) is 1. The van der Waals surface area contributed by atoms with Gasteiger partial charge in [0.2, 0.25) is 5.91 Å². The van der Waals surface area contributed by atoms with Gasteiger partial charge in [-0.15, -0.1) is 11.3 Å². The maximum absolute atomic E-state index is 13.1. The number of hydrogen-bond donors (Lipinski definition) is 1. The average molecular weight is 409 g/mol. The zero-order valence-electron chi connectivity index (χ0n) is 16.5. The minimum absolute atomic E-state index is 0.110. The summed E-state index contributed by atoms with van der Waals surface area (Å²) in [6, 6.07) is 21.3. The standard InChI is InChI=1S/C23H24N2O3S/c1-16(13-21(24)26)25(2)23(27)22-19(28-15-17-9-5-3-6-10-17)14-20(29-22)18-11-7-4-8-12-18/h3-12,14,16H,13,15H2,1-2H3,(H2,24,26). The predicted molar refractivity (Wildman–Crippen MR) is 116 cm³/mol. The SMILES string of the molecule is CC(CC(N)=O)N(C)C(=O)c1sc(-c2ccccc2)cc1OCc1ccccc1. The van der Waals surface area contributed by atoms with Crippen LogP contribution in [0, 0.1) is 0 Å². The van der Waals surface area contributed by atoms with Crippen LogP contribution in [-0.4, -0.2) is 29.8 Å². The van der Waals surface area contributed by atoms with Crippen LogP contribution in [0.15, 0.2) is 66.7 Å². The number of hydrogen-bond acceptors (Lipinski definition) is 4. The van der Waals surface area contributed by atoms with Crippen molar-refractivity contribution in [3.63, 3.8) is 0 Å². The van der Waals surface area contributed by atoms with Gasteiger partial charge in [-0.05, 0) is 24.1 Å². The van der Waals surface area contributed by atoms with Crippen LogP contribution in [0.5, 0.6) is 5.75 Å². The van der Waals surface area contributed by atoms with E-state index in [1.165, 1.54) is 11.3 Å². The Morgan fingerprint density at radius 1 is 1.07 bits per heavy atom. The molecule has 0 fully saturated rings. The lowest BCUT2D eigenvalue weighted by Gasteiger charge is -2.23. The van der Waals surface area contributed by atoms with E-state index in [2.05, 4.69) is 0 Å². The number of benzene rings is 2. The Morgan fingerprint density at radius 2 is 1.69 bits per heavy atom. The summed E-state index contributed by atoms with van der Waals surface area (Å²) < 4.78 is 6.03. The molecule has 3 aromatic rings. The van der Waals surface area contributed by atoms with Gasteiger partial charge >= 0.3 is 0 Å². The fraction of sp³-hybridized carbons (Fsp3) is 0.217. The third-order valence-electron chi connectivity index (χ3n) is 4.67. The average Bonchev–Trinajstić information content (AvgIpc) is 3.16. The molecule has 1 aromatic heterocycles. The topological polar surface area (TPSA) is 72.6 Å². The third-order valence-corrected chi connectivity index (χ3v) is 5.82. The Labute approximate surface area is 174 Å². The molecule has 0 saturated heterocycles. The second-order valence-electron chi connectivity index (χ2n) is 6.88. The predicted octanol–water partition coefficient (Wildman–Crippen LogP) is 4.33. The summed E-state index contributed by atoms with van der Waals surface area (Å²) in [5.41, 5.74) is 7.34. The summed E-state index contributed by atoms with van der Waals surface area (Å²) >= 11 is 1.39. The molecule has 2 amide bonds. The molecule has 0 aliphatic heterocycles. The highest BCUT2D eigenvalue weighted by Crippen LogP contribution is 2.37. The van der Waals surface area contributed by atoms with Crippen molar-refractivity contribution in [1.82, 2.24) is 4.90 Å². The van der Waals surface area contributed by atoms with Gasteiger partial charge in [0.1, 0.15) is 17.2 Å². The van der Waals surface area contributed by atoms with Gasteiger partial charge in [-0.3, -0.25) is 9.59 Å². The van der Waals surface area contributed by atoms with Crippen LogP contribution in [0.4, 0.5) is 0 Å². The molecule has 29 heavy (non-hydrogen) atoms. The molecule has 0 bridgehead atoms. The molecule has 6 heteroatoms. The molecule has 0 aliphatic rings. The van der Waals surface area contributed by atoms with E-state index in [0.29, 0.717) is 17.2 Å². The first-order valence-electron chi connectivity index (χ1n) is 9.37. The van der Waals surface area contributed by atoms with Crippen LogP contribution in [0.2, 0.25) is 0 Å². The van der Waals surface area contributed by atoms with Crippen LogP contribution >= 0.6 is 11.3 Å². The molecule has 0 saturated carbocycles. The minimum Gasteiger partial charge on any atom is -0.487 e. The molecule has 0 aliphatic carbocycles. The molecular formula is C23H24N2O3S. The molecule has 1 heterocycles. The van der Waals surface area contributed by atoms with E-state index in [0.717, 1.165) is 16.0 Å². The van der Waals surface area contributed by atoms with Gasteiger partial charge in [-0.2, -0.15) is 0 Å². The lowest BCUT2D eigenvalue weighted by Crippen LogP contribution is -2.37. The fourth-order valence-corrected chi connectivity index (χ4v) is 3.99. The maximum atomic E-state index is 13.1. The number of primary amides is 1. The van der Waals surface area contributed by atoms with Gasteiger partial charge in [-0.1, -0.05) is 60.7 Å². The van der Waals surface area contributed by atoms with Gasteiger partial charge in [-0.25, -0.2) is 0 Å². The van der Waals surface area contributed by atoms with Crippen LogP contribution in [0.25, 0.3) is 10.4 Å². The number of carbonyl (C=O) groups is 2. The zero-order valence-corrected chi connectivity index (χ0v) is 17.3. The summed E-state index contributed by atoms with van der Waals surface area (Å²) in [6.07, 6.45) is 0.110. The van der Waals surface area contributed by atoms with Crippen molar-refractivity contribution >= 4 is 23.2 Å². The van der Waals surface area contributed by atoms with Crippen molar-refractivity contribution in [3.8, 4) is 16.2 Å². The van der Waals surface area contributed by atoms with E-state index in [1.807, 2.05) is 66.7 Å². The van der Waals surface area contributed by atoms with Gasteiger partial charge in [0.25, 0.3) is 5.91 Å². The lowest BCUT2D eigenvalue weighted by molar-refractivity contribution is -0.118. The highest BCUT2D eigenvalue weighted by Gasteiger charge is 2.25. The molecular weight excluding hydrogens is 384 g/mol. The first-order valence-corrected chi connectivity index (χ1v) is 10.2. The molecule has 0 spiro atoms. The number of ether oxygens (including phenoxy) is 1. The summed E-state index contributed by atoms with van der Waals surface area (Å²) in [4.78, 5) is 27.4. The number of thiophene rings is 1. The van der Waals surface area contributed by atoms with Crippen LogP contribution in [0.3, 0.4) is 0 Å². The van der Waals surface area contributed by atoms with E-state index in [1.54, 1.807) is 18.9 Å². The summed E-state index contributed by atoms with van der Waals surface area (Å²) in [6.45, 7) is 2.17. The van der Waals surface area contributed by atoms with Crippen LogP contribution < -0.4 is 10.5 Å². The second-order valence-corrected chi connectivity index (χ2v) is 7.93. The van der Waals surface area contributed by atoms with Crippen molar-refractivity contribution in [1.29, 1.82) is 0 Å². The molecule has 150 valence electrons. The molecule has 0 radical (unpaired) electrons. The second kappa shape index (κ2) is 9.39. The summed E-state index contributed by atoms with van der Waals surface area (Å²) in [5.74, 6) is -0.0799. The van der Waals surface area contributed by atoms with Crippen molar-refractivity contribution in [2.45, 2.75) is 26.0 Å². The number of amides is 2. The Hall–Kier alpha value is -3.12. The van der Waals surface area contributed by atoms with Crippen molar-refractivity contribution in [2.75, 3.05) is 7.05 Å². The summed E-state index contributed by atoms with van der Waals surface area (Å²) in [5, 5.41) is 0. The Morgan fingerprint density at radius 3 is 2.31 bits per heavy atom. The Kier molecular flexibility index (Phi) is 6.67. The van der Waals surface area contributed by atoms with Gasteiger partial charge in [0.15, 0.2) is 0 Å². The van der Waals surface area contributed by atoms with Crippen LogP contribution in [0.1, 0.15) is 28.6 Å². The largest absolute Gasteiger partial charge is 0.487 e. The first kappa shape index (κ1) is 20.6. The fourth-order valence-electron chi connectivity index (χ4n) is 2.90. The molecule has 2 N–H and O–H groups in total. The Balaban J connectivity index is 1.89. The van der Waals surface area contributed by atoms with E-state index >= 15 is 0 Å². The number of carbonyl (C=O) groups excluding carboxylic acids is 2. The normalized spacial score (nSPS) is 11.7. The highest BCUT2D eigenvalue weighted by atomic mass is 32.1. The minimum atomic E-state index is -0.436. The van der Waals surface area contributed by atoms with E-state index in [-0.39, 0.29) is 18.4 Å². The number of nitrogens with zero attached hydrogens (tertiary/aromatic N) is 1. The van der Waals surface area contributed by atoms with Gasteiger partial charge < -0.3 is 15.4 Å². The molecule has 1 atom stereocenters. The summed E-state index contributed by atoms with van der Waals surface area (Å²) in [7, 11) is 1.68. The highest BCUT2D eigenvalue weighted by molar-refractivity contribution is 7.17. The zero-order chi connectivity index (χ0) is 20.8. The molecule has 2 aromatic carbocycles. The van der Waals surface area contributed by atoms with Crippen molar-refractivity contribution in [2.24, 2.45) is 5.73 Å². The van der Waals surface area contributed by atoms with Crippen LogP contribution in [-0.2, 0) is 11.4 Å². The molecule has 3 rings (SSSR count). The van der Waals surface area contributed by atoms with Crippen molar-refractivity contribution < 1.29 is 14.3 Å². The Bertz CT molecular complexity index is 970. The van der Waals surface area contributed by atoms with E-state index in [9.17, 15) is 9.59 Å². The van der Waals surface area contributed by atoms with Gasteiger partial charge in [0, 0.05) is 24.4 Å². The van der Waals surface area contributed by atoms with Gasteiger partial charge in [0.05, 0.1) is 0 Å². The smallest absolute Gasteiger partial charge is 0.267 e. The van der Waals surface area contributed by atoms with E-state index in [4.69, 9.17) is 10.5 Å². The monoisotopic (exact) mass is 408 g/mol. The lowest BCUT2D eigenvalue weighted by atomic mass is 10.2. The van der Waals surface area contributed by atoms with Crippen molar-refractivity contribution in [3.05, 3.63) is 77.2 Å². The van der Waals surface area contributed by atoms with E-state index < -0.39 is 5.91 Å².